The Labute approximate surface area is 191 Å². The zero-order valence-electron chi connectivity index (χ0n) is 19.0. The Morgan fingerprint density at radius 2 is 1.94 bits per heavy atom. The van der Waals surface area contributed by atoms with Crippen molar-refractivity contribution in [1.82, 2.24) is 4.57 Å². The Kier molecular flexibility index (Phi) is 6.20. The molecule has 3 aromatic rings. The smallest absolute Gasteiger partial charge is 0.479 e. The average molecular weight is 456 g/mol. The summed E-state index contributed by atoms with van der Waals surface area (Å²) in [6, 6.07) is 13.7. The highest BCUT2D eigenvalue weighted by Gasteiger charge is 2.53. The summed E-state index contributed by atoms with van der Waals surface area (Å²) in [5.41, 5.74) is 6.65. The highest BCUT2D eigenvalue weighted by atomic mass is 16.7. The van der Waals surface area contributed by atoms with Crippen molar-refractivity contribution in [3.05, 3.63) is 54.1 Å². The minimum absolute atomic E-state index is 0.166. The first-order valence-electron chi connectivity index (χ1n) is 10.6. The van der Waals surface area contributed by atoms with Gasteiger partial charge in [0.25, 0.3) is 0 Å². The molecule has 0 aliphatic carbocycles. The molecule has 1 aliphatic heterocycles. The Balaban J connectivity index is 1.96. The molecule has 0 spiro atoms. The number of aliphatic hydroxyl groups excluding tert-OH is 1. The van der Waals surface area contributed by atoms with E-state index in [1.165, 1.54) is 14.2 Å². The maximum atomic E-state index is 12.2. The average Bonchev–Trinajstić information content (AvgIpc) is 3.13. The van der Waals surface area contributed by atoms with Gasteiger partial charge in [-0.1, -0.05) is 18.2 Å². The third-order valence-electron chi connectivity index (χ3n) is 5.91. The zero-order chi connectivity index (χ0) is 23.8. The molecule has 1 aromatic heterocycles. The number of nitrogen functional groups attached to an aromatic ring is 1. The summed E-state index contributed by atoms with van der Waals surface area (Å²) in [6.45, 7) is 3.57. The third-order valence-corrected chi connectivity index (χ3v) is 5.91. The van der Waals surface area contributed by atoms with Gasteiger partial charge >= 0.3 is 6.16 Å². The number of benzene rings is 2. The molecule has 1 aliphatic rings. The van der Waals surface area contributed by atoms with Crippen LogP contribution in [-0.2, 0) is 14.2 Å². The van der Waals surface area contributed by atoms with Crippen LogP contribution in [0.25, 0.3) is 10.9 Å². The van der Waals surface area contributed by atoms with Crippen molar-refractivity contribution < 1.29 is 33.6 Å². The number of rotatable bonds is 6. The van der Waals surface area contributed by atoms with Crippen LogP contribution in [0.1, 0.15) is 25.5 Å². The number of hydrogen-bond acceptors (Lipinski definition) is 8. The first-order valence-corrected chi connectivity index (χ1v) is 10.6. The van der Waals surface area contributed by atoms with Gasteiger partial charge in [0.15, 0.2) is 11.9 Å². The van der Waals surface area contributed by atoms with Crippen molar-refractivity contribution >= 4 is 22.7 Å². The van der Waals surface area contributed by atoms with Gasteiger partial charge in [-0.05, 0) is 38.1 Å². The number of aliphatic hydroxyl groups is 1. The topological polar surface area (TPSA) is 114 Å². The van der Waals surface area contributed by atoms with Gasteiger partial charge in [-0.3, -0.25) is 0 Å². The molecule has 176 valence electrons. The van der Waals surface area contributed by atoms with E-state index in [-0.39, 0.29) is 12.5 Å². The van der Waals surface area contributed by atoms with Gasteiger partial charge in [0.1, 0.15) is 11.9 Å². The molecule has 9 nitrogen and oxygen atoms in total. The van der Waals surface area contributed by atoms with Gasteiger partial charge in [0.2, 0.25) is 5.88 Å². The molecule has 0 unspecified atom stereocenters. The summed E-state index contributed by atoms with van der Waals surface area (Å²) in [4.78, 5) is 12.2. The van der Waals surface area contributed by atoms with Gasteiger partial charge in [-0.15, -0.1) is 0 Å². The summed E-state index contributed by atoms with van der Waals surface area (Å²) in [5.74, 6) is 0.712. The van der Waals surface area contributed by atoms with E-state index in [1.54, 1.807) is 42.7 Å². The van der Waals surface area contributed by atoms with Crippen LogP contribution in [0.3, 0.4) is 0 Å². The van der Waals surface area contributed by atoms with Crippen LogP contribution in [-0.4, -0.2) is 54.7 Å². The Morgan fingerprint density at radius 1 is 1.21 bits per heavy atom. The first-order chi connectivity index (χ1) is 15.8. The number of carbonyl (C=O) groups is 1. The predicted molar refractivity (Wildman–Crippen MR) is 121 cm³/mol. The second kappa shape index (κ2) is 8.93. The van der Waals surface area contributed by atoms with Crippen LogP contribution in [0.4, 0.5) is 10.5 Å². The van der Waals surface area contributed by atoms with Crippen molar-refractivity contribution in [2.24, 2.45) is 0 Å². The lowest BCUT2D eigenvalue weighted by Crippen LogP contribution is -2.60. The van der Waals surface area contributed by atoms with Crippen molar-refractivity contribution in [3.63, 3.8) is 0 Å². The largest absolute Gasteiger partial charge is 0.515 e. The Hall–Kier alpha value is -3.27. The fourth-order valence-electron chi connectivity index (χ4n) is 4.45. The summed E-state index contributed by atoms with van der Waals surface area (Å²) in [7, 11) is 2.95. The van der Waals surface area contributed by atoms with Crippen molar-refractivity contribution in [1.29, 1.82) is 0 Å². The van der Waals surface area contributed by atoms with Gasteiger partial charge < -0.3 is 39.1 Å². The molecule has 33 heavy (non-hydrogen) atoms. The Morgan fingerprint density at radius 3 is 2.64 bits per heavy atom. The third kappa shape index (κ3) is 3.88. The van der Waals surface area contributed by atoms with E-state index in [2.05, 4.69) is 0 Å². The van der Waals surface area contributed by atoms with Gasteiger partial charge in [0.05, 0.1) is 18.2 Å². The molecule has 3 N–H and O–H groups in total. The van der Waals surface area contributed by atoms with Crippen LogP contribution in [0.15, 0.2) is 48.5 Å². The van der Waals surface area contributed by atoms with Gasteiger partial charge in [-0.2, -0.15) is 0 Å². The van der Waals surface area contributed by atoms with Gasteiger partial charge in [-0.25, -0.2) is 4.79 Å². The SMILES string of the molecule is CCOC(=O)Oc1cc2ccccc2n1[C@@H]1c2cc(N)ccc2O[C@](C)(C(OC)OC)[C@H]1O. The zero-order valence-corrected chi connectivity index (χ0v) is 19.0. The monoisotopic (exact) mass is 456 g/mol. The van der Waals surface area contributed by atoms with Crippen molar-refractivity contribution in [2.75, 3.05) is 26.6 Å². The molecule has 0 fully saturated rings. The maximum absolute atomic E-state index is 12.2. The second-order valence-corrected chi connectivity index (χ2v) is 7.97. The molecule has 0 bridgehead atoms. The number of aromatic nitrogens is 1. The molecule has 2 heterocycles. The number of fused-ring (bicyclic) bond motifs is 2. The molecular weight excluding hydrogens is 428 g/mol. The number of ether oxygens (including phenoxy) is 5. The highest BCUT2D eigenvalue weighted by molar-refractivity contribution is 5.84. The molecular formula is C24H28N2O7. The van der Waals surface area contributed by atoms with Gasteiger partial charge in [0, 0.05) is 36.9 Å². The lowest BCUT2D eigenvalue weighted by atomic mass is 9.84. The van der Waals surface area contributed by atoms with E-state index >= 15 is 0 Å². The molecule has 9 heteroatoms. The van der Waals surface area contributed by atoms with Crippen LogP contribution in [0.5, 0.6) is 11.6 Å². The predicted octanol–water partition coefficient (Wildman–Crippen LogP) is 3.48. The number of para-hydroxylation sites is 1. The number of nitrogens with two attached hydrogens (primary N) is 1. The van der Waals surface area contributed by atoms with E-state index in [0.29, 0.717) is 17.0 Å². The van der Waals surface area contributed by atoms with E-state index in [1.807, 2.05) is 24.3 Å². The summed E-state index contributed by atoms with van der Waals surface area (Å²) in [6.07, 6.45) is -2.92. The number of anilines is 1. The lowest BCUT2D eigenvalue weighted by Gasteiger charge is -2.47. The standard InChI is InChI=1S/C24H28N2O7/c1-5-31-23(28)32-19-12-14-8-6-7-9-17(14)26(19)20-16-13-15(25)10-11-18(16)33-24(2,21(20)27)22(29-3)30-4/h6-13,20-22,27H,5,25H2,1-4H3/t20-,21+,24+/m1/s1. The lowest BCUT2D eigenvalue weighted by molar-refractivity contribution is -0.238. The molecule has 0 saturated carbocycles. The minimum Gasteiger partial charge on any atom is -0.479 e. The molecule has 3 atom stereocenters. The molecule has 2 aromatic carbocycles. The molecule has 0 saturated heterocycles. The van der Waals surface area contributed by atoms with Crippen molar-refractivity contribution in [2.45, 2.75) is 37.9 Å². The molecule has 0 amide bonds. The van der Waals surface area contributed by atoms with E-state index in [0.717, 1.165) is 10.9 Å². The number of carbonyl (C=O) groups excluding carboxylic acids is 1. The quantitative estimate of drug-likeness (QED) is 0.329. The van der Waals surface area contributed by atoms with Crippen LogP contribution in [0.2, 0.25) is 0 Å². The minimum atomic E-state index is -1.30. The summed E-state index contributed by atoms with van der Waals surface area (Å²) in [5, 5.41) is 12.6. The highest BCUT2D eigenvalue weighted by Crippen LogP contribution is 2.47. The molecule has 0 radical (unpaired) electrons. The fraction of sp³-hybridized carbons (Fsp3) is 0.375. The fourth-order valence-corrected chi connectivity index (χ4v) is 4.45. The number of hydrogen-bond donors (Lipinski definition) is 2. The van der Waals surface area contributed by atoms with E-state index in [9.17, 15) is 9.90 Å². The summed E-state index contributed by atoms with van der Waals surface area (Å²) >= 11 is 0. The summed E-state index contributed by atoms with van der Waals surface area (Å²) < 4.78 is 29.5. The van der Waals surface area contributed by atoms with Crippen LogP contribution < -0.4 is 15.2 Å². The Bertz CT molecular complexity index is 1160. The first kappa shape index (κ1) is 22.9. The second-order valence-electron chi connectivity index (χ2n) is 7.97. The van der Waals surface area contributed by atoms with Crippen molar-refractivity contribution in [3.8, 4) is 11.6 Å². The normalized spacial score (nSPS) is 22.1. The molecule has 4 rings (SSSR count). The van der Waals surface area contributed by atoms with Crippen LogP contribution in [0, 0.1) is 0 Å². The number of nitrogens with zero attached hydrogens (tertiary/aromatic N) is 1. The number of methoxy groups -OCH3 is 2. The maximum Gasteiger partial charge on any atom is 0.515 e. The van der Waals surface area contributed by atoms with Crippen LogP contribution >= 0.6 is 0 Å². The van der Waals surface area contributed by atoms with E-state index in [4.69, 9.17) is 29.4 Å². The van der Waals surface area contributed by atoms with E-state index < -0.39 is 30.2 Å².